The number of nitrogens with zero attached hydrogens (tertiary/aromatic N) is 2. The van der Waals surface area contributed by atoms with Crippen LogP contribution in [-0.2, 0) is 5.41 Å². The Morgan fingerprint density at radius 1 is 1.47 bits per heavy atom. The van der Waals surface area contributed by atoms with Gasteiger partial charge in [0.1, 0.15) is 5.82 Å². The molecule has 17 heavy (non-hydrogen) atoms. The van der Waals surface area contributed by atoms with Gasteiger partial charge in [-0.15, -0.1) is 0 Å². The van der Waals surface area contributed by atoms with E-state index >= 15 is 0 Å². The van der Waals surface area contributed by atoms with Gasteiger partial charge in [0, 0.05) is 19.3 Å². The molecule has 0 aliphatic carbocycles. The van der Waals surface area contributed by atoms with Gasteiger partial charge < -0.3 is 10.0 Å². The molecule has 1 aliphatic heterocycles. The Morgan fingerprint density at radius 2 is 2.18 bits per heavy atom. The Balaban J connectivity index is 2.36. The van der Waals surface area contributed by atoms with E-state index in [0.717, 1.165) is 24.3 Å². The van der Waals surface area contributed by atoms with E-state index in [2.05, 4.69) is 30.7 Å². The molecule has 2 heterocycles. The fourth-order valence-corrected chi connectivity index (χ4v) is 2.68. The van der Waals surface area contributed by atoms with Crippen molar-refractivity contribution >= 4 is 17.4 Å². The van der Waals surface area contributed by atoms with Crippen LogP contribution in [0.5, 0.6) is 0 Å². The lowest BCUT2D eigenvalue weighted by Gasteiger charge is -2.25. The van der Waals surface area contributed by atoms with Crippen molar-refractivity contribution in [3.63, 3.8) is 0 Å². The first-order chi connectivity index (χ1) is 7.89. The maximum Gasteiger partial charge on any atom is 0.147 e. The molecule has 1 atom stereocenters. The summed E-state index contributed by atoms with van der Waals surface area (Å²) in [5, 5.41) is 10.3. The van der Waals surface area contributed by atoms with Crippen molar-refractivity contribution in [3.8, 4) is 0 Å². The van der Waals surface area contributed by atoms with Crippen molar-refractivity contribution in [2.75, 3.05) is 18.0 Å². The Morgan fingerprint density at radius 3 is 2.71 bits per heavy atom. The molecule has 1 fully saturated rings. The number of β-amino-alcohol motifs (C(OH)–C–C–N with tert-alkyl or cyclic N) is 1. The molecule has 1 aromatic heterocycles. The highest BCUT2D eigenvalue weighted by Gasteiger charge is 2.26. The second kappa shape index (κ2) is 4.46. The third kappa shape index (κ3) is 2.55. The van der Waals surface area contributed by atoms with Crippen molar-refractivity contribution in [1.82, 2.24) is 4.98 Å². The molecule has 1 saturated heterocycles. The first-order valence-corrected chi connectivity index (χ1v) is 6.35. The summed E-state index contributed by atoms with van der Waals surface area (Å²) < 4.78 is 0. The van der Waals surface area contributed by atoms with Crippen LogP contribution >= 0.6 is 11.6 Å². The molecule has 1 N–H and O–H groups in total. The van der Waals surface area contributed by atoms with Crippen LogP contribution in [0.3, 0.4) is 0 Å². The summed E-state index contributed by atoms with van der Waals surface area (Å²) in [7, 11) is 0. The van der Waals surface area contributed by atoms with Crippen LogP contribution in [0.25, 0.3) is 0 Å². The molecule has 0 aromatic carbocycles. The number of aromatic nitrogens is 1. The van der Waals surface area contributed by atoms with Gasteiger partial charge >= 0.3 is 0 Å². The lowest BCUT2D eigenvalue weighted by Crippen LogP contribution is -2.24. The third-order valence-electron chi connectivity index (χ3n) is 3.14. The number of aliphatic hydroxyl groups is 1. The molecule has 0 spiro atoms. The SMILES string of the molecule is CC(C)(C)c1ccnc(N2CCC(O)C2)c1Cl. The number of hydrogen-bond acceptors (Lipinski definition) is 3. The molecule has 1 aliphatic rings. The smallest absolute Gasteiger partial charge is 0.147 e. The van der Waals surface area contributed by atoms with Gasteiger partial charge in [0.05, 0.1) is 11.1 Å². The van der Waals surface area contributed by atoms with E-state index in [1.165, 1.54) is 0 Å². The minimum absolute atomic E-state index is 0.00706. The average Bonchev–Trinajstić information content (AvgIpc) is 2.63. The van der Waals surface area contributed by atoms with Crippen molar-refractivity contribution < 1.29 is 5.11 Å². The minimum Gasteiger partial charge on any atom is -0.391 e. The van der Waals surface area contributed by atoms with Gasteiger partial charge in [0.15, 0.2) is 0 Å². The van der Waals surface area contributed by atoms with E-state index in [9.17, 15) is 5.11 Å². The van der Waals surface area contributed by atoms with Gasteiger partial charge in [-0.05, 0) is 23.5 Å². The molecule has 94 valence electrons. The number of hydrogen-bond donors (Lipinski definition) is 1. The maximum absolute atomic E-state index is 9.57. The molecule has 4 heteroatoms. The molecule has 3 nitrogen and oxygen atoms in total. The standard InChI is InChI=1S/C13H19ClN2O/c1-13(2,3)10-4-6-15-12(11(10)14)16-7-5-9(17)8-16/h4,6,9,17H,5,7-8H2,1-3H3. The Kier molecular flexibility index (Phi) is 3.32. The molecular weight excluding hydrogens is 236 g/mol. The Hall–Kier alpha value is -0.800. The summed E-state index contributed by atoms with van der Waals surface area (Å²) in [6.45, 7) is 7.85. The number of pyridine rings is 1. The van der Waals surface area contributed by atoms with Crippen LogP contribution in [0.15, 0.2) is 12.3 Å². The summed E-state index contributed by atoms with van der Waals surface area (Å²) in [6, 6.07) is 1.97. The summed E-state index contributed by atoms with van der Waals surface area (Å²) in [4.78, 5) is 6.41. The van der Waals surface area contributed by atoms with Gasteiger partial charge in [-0.25, -0.2) is 4.98 Å². The van der Waals surface area contributed by atoms with Gasteiger partial charge in [0.25, 0.3) is 0 Å². The molecule has 2 rings (SSSR count). The predicted octanol–water partition coefficient (Wildman–Crippen LogP) is 2.60. The van der Waals surface area contributed by atoms with E-state index in [1.807, 2.05) is 6.07 Å². The summed E-state index contributed by atoms with van der Waals surface area (Å²) in [6.07, 6.45) is 2.33. The van der Waals surface area contributed by atoms with E-state index in [0.29, 0.717) is 11.6 Å². The van der Waals surface area contributed by atoms with Crippen LogP contribution in [-0.4, -0.2) is 29.3 Å². The Labute approximate surface area is 107 Å². The normalized spacial score (nSPS) is 21.0. The molecule has 0 bridgehead atoms. The second-order valence-corrected chi connectivity index (χ2v) is 6.01. The summed E-state index contributed by atoms with van der Waals surface area (Å²) in [5.74, 6) is 0.802. The second-order valence-electron chi connectivity index (χ2n) is 5.63. The fourth-order valence-electron chi connectivity index (χ4n) is 2.17. The predicted molar refractivity (Wildman–Crippen MR) is 70.8 cm³/mol. The lowest BCUT2D eigenvalue weighted by atomic mass is 9.87. The zero-order valence-corrected chi connectivity index (χ0v) is 11.3. The molecule has 0 amide bonds. The highest BCUT2D eigenvalue weighted by atomic mass is 35.5. The first kappa shape index (κ1) is 12.7. The van der Waals surface area contributed by atoms with Crippen molar-refractivity contribution in [2.24, 2.45) is 0 Å². The molecular formula is C13H19ClN2O. The van der Waals surface area contributed by atoms with Gasteiger partial charge in [-0.1, -0.05) is 32.4 Å². The highest BCUT2D eigenvalue weighted by molar-refractivity contribution is 6.33. The maximum atomic E-state index is 9.57. The van der Waals surface area contributed by atoms with Crippen LogP contribution in [0.4, 0.5) is 5.82 Å². The molecule has 0 radical (unpaired) electrons. The number of rotatable bonds is 1. The van der Waals surface area contributed by atoms with Crippen LogP contribution < -0.4 is 4.90 Å². The number of halogens is 1. The van der Waals surface area contributed by atoms with Gasteiger partial charge in [0.2, 0.25) is 0 Å². The molecule has 0 saturated carbocycles. The van der Waals surface area contributed by atoms with Crippen LogP contribution in [0, 0.1) is 0 Å². The van der Waals surface area contributed by atoms with Gasteiger partial charge in [-0.3, -0.25) is 0 Å². The third-order valence-corrected chi connectivity index (χ3v) is 3.51. The van der Waals surface area contributed by atoms with E-state index < -0.39 is 0 Å². The lowest BCUT2D eigenvalue weighted by molar-refractivity contribution is 0.198. The monoisotopic (exact) mass is 254 g/mol. The van der Waals surface area contributed by atoms with Crippen molar-refractivity contribution in [3.05, 3.63) is 22.8 Å². The highest BCUT2D eigenvalue weighted by Crippen LogP contribution is 2.35. The largest absolute Gasteiger partial charge is 0.391 e. The van der Waals surface area contributed by atoms with Crippen molar-refractivity contribution in [1.29, 1.82) is 0 Å². The topological polar surface area (TPSA) is 36.4 Å². The number of aliphatic hydroxyl groups excluding tert-OH is 1. The van der Waals surface area contributed by atoms with E-state index in [1.54, 1.807) is 6.20 Å². The van der Waals surface area contributed by atoms with Gasteiger partial charge in [-0.2, -0.15) is 0 Å². The molecule has 1 aromatic rings. The van der Waals surface area contributed by atoms with Crippen LogP contribution in [0.2, 0.25) is 5.02 Å². The Bertz CT molecular complexity index is 414. The van der Waals surface area contributed by atoms with E-state index in [-0.39, 0.29) is 11.5 Å². The van der Waals surface area contributed by atoms with Crippen LogP contribution in [0.1, 0.15) is 32.8 Å². The molecule has 1 unspecified atom stereocenters. The first-order valence-electron chi connectivity index (χ1n) is 5.97. The van der Waals surface area contributed by atoms with Crippen molar-refractivity contribution in [2.45, 2.75) is 38.7 Å². The summed E-state index contributed by atoms with van der Waals surface area (Å²) >= 11 is 6.44. The fraction of sp³-hybridized carbons (Fsp3) is 0.615. The average molecular weight is 255 g/mol. The zero-order valence-electron chi connectivity index (χ0n) is 10.6. The van der Waals surface area contributed by atoms with E-state index in [4.69, 9.17) is 11.6 Å². The minimum atomic E-state index is -0.258. The quantitative estimate of drug-likeness (QED) is 0.837. The summed E-state index contributed by atoms with van der Waals surface area (Å²) in [5.41, 5.74) is 1.11. The number of anilines is 1. The zero-order chi connectivity index (χ0) is 12.6.